The fraction of sp³-hybridized carbons (Fsp3) is 0.818. The molecule has 0 aliphatic heterocycles. The molecular formula is C22H34O2. The number of aliphatic hydroxyl groups is 1. The third kappa shape index (κ3) is 2.32. The molecule has 2 saturated carbocycles. The van der Waals surface area contributed by atoms with E-state index in [0.29, 0.717) is 11.3 Å². The molecule has 0 aromatic heterocycles. The second-order valence-electron chi connectivity index (χ2n) is 9.32. The molecule has 0 amide bonds. The first-order valence-corrected chi connectivity index (χ1v) is 10.1. The summed E-state index contributed by atoms with van der Waals surface area (Å²) in [6.07, 6.45) is 10.8. The lowest BCUT2D eigenvalue weighted by Crippen LogP contribution is -2.47. The number of rotatable bonds is 2. The topological polar surface area (TPSA) is 29.5 Å². The minimum atomic E-state index is -0.146. The van der Waals surface area contributed by atoms with Gasteiger partial charge in [0.05, 0.1) is 19.0 Å². The number of hydrogen-bond donors (Lipinski definition) is 1. The molecule has 24 heavy (non-hydrogen) atoms. The molecule has 0 saturated heterocycles. The highest BCUT2D eigenvalue weighted by atomic mass is 16.5. The molecule has 134 valence electrons. The van der Waals surface area contributed by atoms with E-state index in [0.717, 1.165) is 36.5 Å². The number of allylic oxidation sites excluding steroid dienone is 3. The van der Waals surface area contributed by atoms with Crippen LogP contribution in [-0.4, -0.2) is 18.3 Å². The van der Waals surface area contributed by atoms with Crippen LogP contribution in [0.15, 0.2) is 23.0 Å². The van der Waals surface area contributed by atoms with Crippen molar-refractivity contribution < 1.29 is 9.84 Å². The molecule has 0 bridgehead atoms. The molecule has 0 aromatic carbocycles. The molecule has 0 spiro atoms. The van der Waals surface area contributed by atoms with E-state index in [4.69, 9.17) is 4.74 Å². The van der Waals surface area contributed by atoms with E-state index in [1.165, 1.54) is 37.9 Å². The van der Waals surface area contributed by atoms with Crippen molar-refractivity contribution in [1.29, 1.82) is 0 Å². The summed E-state index contributed by atoms with van der Waals surface area (Å²) in [5.41, 5.74) is 3.82. The van der Waals surface area contributed by atoms with Gasteiger partial charge in [-0.2, -0.15) is 0 Å². The summed E-state index contributed by atoms with van der Waals surface area (Å²) in [4.78, 5) is 0. The first-order chi connectivity index (χ1) is 11.5. The maximum Gasteiger partial charge on any atom is 0.0959 e. The number of aliphatic hydroxyl groups excluding tert-OH is 1. The van der Waals surface area contributed by atoms with E-state index in [2.05, 4.69) is 19.9 Å². The smallest absolute Gasteiger partial charge is 0.0959 e. The summed E-state index contributed by atoms with van der Waals surface area (Å²) in [7, 11) is 1.81. The van der Waals surface area contributed by atoms with Crippen LogP contribution < -0.4 is 0 Å². The molecule has 4 aliphatic carbocycles. The first kappa shape index (κ1) is 16.7. The van der Waals surface area contributed by atoms with Crippen molar-refractivity contribution in [2.75, 3.05) is 7.11 Å². The molecule has 0 heterocycles. The lowest BCUT2D eigenvalue weighted by Gasteiger charge is -2.54. The summed E-state index contributed by atoms with van der Waals surface area (Å²) in [6.45, 7) is 7.01. The van der Waals surface area contributed by atoms with Gasteiger partial charge in [0, 0.05) is 6.42 Å². The van der Waals surface area contributed by atoms with Crippen molar-refractivity contribution in [2.24, 2.45) is 35.0 Å². The summed E-state index contributed by atoms with van der Waals surface area (Å²) >= 11 is 0. The zero-order chi connectivity index (χ0) is 17.1. The predicted molar refractivity (Wildman–Crippen MR) is 97.3 cm³/mol. The Morgan fingerprint density at radius 1 is 1.29 bits per heavy atom. The van der Waals surface area contributed by atoms with Crippen LogP contribution in [0.3, 0.4) is 0 Å². The quantitative estimate of drug-likeness (QED) is 0.715. The number of ether oxygens (including phenoxy) is 1. The Morgan fingerprint density at radius 3 is 2.79 bits per heavy atom. The van der Waals surface area contributed by atoms with Crippen molar-refractivity contribution in [1.82, 2.24) is 0 Å². The van der Waals surface area contributed by atoms with Crippen LogP contribution in [0.1, 0.15) is 65.7 Å². The number of fused-ring (bicyclic) bond motifs is 4. The fourth-order valence-electron chi connectivity index (χ4n) is 7.29. The monoisotopic (exact) mass is 330 g/mol. The summed E-state index contributed by atoms with van der Waals surface area (Å²) in [5, 5.41) is 10.3. The van der Waals surface area contributed by atoms with E-state index < -0.39 is 0 Å². The number of methoxy groups -OCH3 is 1. The molecule has 7 atom stereocenters. The Bertz CT molecular complexity index is 573. The molecule has 2 nitrogen and oxygen atoms in total. The minimum Gasteiger partial charge on any atom is -0.501 e. The van der Waals surface area contributed by atoms with Crippen LogP contribution in [0.2, 0.25) is 0 Å². The highest BCUT2D eigenvalue weighted by Gasteiger charge is 2.57. The van der Waals surface area contributed by atoms with Crippen molar-refractivity contribution in [3.63, 3.8) is 0 Å². The van der Waals surface area contributed by atoms with Crippen LogP contribution in [0.4, 0.5) is 0 Å². The molecule has 2 fully saturated rings. The second kappa shape index (κ2) is 5.90. The van der Waals surface area contributed by atoms with Gasteiger partial charge in [0.2, 0.25) is 0 Å². The molecular weight excluding hydrogens is 296 g/mol. The third-order valence-electron chi connectivity index (χ3n) is 8.31. The van der Waals surface area contributed by atoms with Gasteiger partial charge in [-0.15, -0.1) is 0 Å². The molecule has 0 unspecified atom stereocenters. The second-order valence-corrected chi connectivity index (χ2v) is 9.32. The van der Waals surface area contributed by atoms with Gasteiger partial charge in [-0.25, -0.2) is 0 Å². The molecule has 0 radical (unpaired) electrons. The minimum absolute atomic E-state index is 0.146. The highest BCUT2D eigenvalue weighted by Crippen LogP contribution is 2.64. The Hall–Kier alpha value is -0.760. The van der Waals surface area contributed by atoms with Gasteiger partial charge in [-0.1, -0.05) is 25.0 Å². The van der Waals surface area contributed by atoms with Gasteiger partial charge in [-0.3, -0.25) is 0 Å². The van der Waals surface area contributed by atoms with Gasteiger partial charge < -0.3 is 9.84 Å². The summed E-state index contributed by atoms with van der Waals surface area (Å²) in [5.74, 6) is 4.91. The average molecular weight is 331 g/mol. The summed E-state index contributed by atoms with van der Waals surface area (Å²) < 4.78 is 5.54. The molecule has 4 rings (SSSR count). The maximum atomic E-state index is 10.3. The van der Waals surface area contributed by atoms with Gasteiger partial charge >= 0.3 is 0 Å². The maximum absolute atomic E-state index is 10.3. The normalized spacial score (nSPS) is 45.9. The highest BCUT2D eigenvalue weighted by molar-refractivity contribution is 5.33. The van der Waals surface area contributed by atoms with Crippen LogP contribution in [-0.2, 0) is 4.74 Å². The van der Waals surface area contributed by atoms with Crippen LogP contribution in [0, 0.1) is 35.0 Å². The van der Waals surface area contributed by atoms with Crippen LogP contribution in [0.5, 0.6) is 0 Å². The van der Waals surface area contributed by atoms with Crippen molar-refractivity contribution in [2.45, 2.75) is 71.8 Å². The van der Waals surface area contributed by atoms with Gasteiger partial charge in [-0.05, 0) is 86.5 Å². The zero-order valence-corrected chi connectivity index (χ0v) is 15.8. The Balaban J connectivity index is 1.64. The van der Waals surface area contributed by atoms with Crippen LogP contribution >= 0.6 is 0 Å². The van der Waals surface area contributed by atoms with Gasteiger partial charge in [0.25, 0.3) is 0 Å². The lowest BCUT2D eigenvalue weighted by atomic mass is 9.51. The van der Waals surface area contributed by atoms with E-state index in [9.17, 15) is 5.11 Å². The molecule has 0 aromatic rings. The van der Waals surface area contributed by atoms with Crippen LogP contribution in [0.25, 0.3) is 0 Å². The molecule has 2 heteroatoms. The van der Waals surface area contributed by atoms with Crippen molar-refractivity contribution in [3.8, 4) is 0 Å². The Morgan fingerprint density at radius 2 is 2.08 bits per heavy atom. The van der Waals surface area contributed by atoms with Gasteiger partial charge in [0.1, 0.15) is 0 Å². The fourth-order valence-corrected chi connectivity index (χ4v) is 7.29. The first-order valence-electron chi connectivity index (χ1n) is 10.1. The van der Waals surface area contributed by atoms with E-state index >= 15 is 0 Å². The number of hydrogen-bond acceptors (Lipinski definition) is 2. The van der Waals surface area contributed by atoms with E-state index in [-0.39, 0.29) is 6.10 Å². The Kier molecular flexibility index (Phi) is 4.10. The van der Waals surface area contributed by atoms with E-state index in [1.54, 1.807) is 11.1 Å². The lowest BCUT2D eigenvalue weighted by molar-refractivity contribution is -0.0408. The Labute approximate surface area is 147 Å². The third-order valence-corrected chi connectivity index (χ3v) is 8.31. The average Bonchev–Trinajstić information content (AvgIpc) is 2.91. The van der Waals surface area contributed by atoms with E-state index in [1.807, 2.05) is 14.0 Å². The zero-order valence-electron chi connectivity index (χ0n) is 15.8. The summed E-state index contributed by atoms with van der Waals surface area (Å²) in [6, 6.07) is 0. The van der Waals surface area contributed by atoms with Crippen molar-refractivity contribution in [3.05, 3.63) is 23.0 Å². The SMILES string of the molecule is COC1=CCC2=C(C1)C[C@@H](C)[C@@H]1[C@@H]2CC[C@@]2(C)[C@@H]1CC[C@@H]2[C@H](C)O. The van der Waals surface area contributed by atoms with Gasteiger partial charge in [0.15, 0.2) is 0 Å². The molecule has 1 N–H and O–H groups in total. The molecule has 4 aliphatic rings. The predicted octanol–water partition coefficient (Wildman–Crippen LogP) is 5.09. The van der Waals surface area contributed by atoms with Crippen molar-refractivity contribution >= 4 is 0 Å². The standard InChI is InChI=1S/C22H34O2/c1-13-11-15-12-16(24-4)5-6-17(15)18-9-10-22(3)19(14(2)23)7-8-20(22)21(13)18/h5,13-14,18-21,23H,6-12H2,1-4H3/t13-,14+,18-,19-,20-,21-,22-/m1/s1. The largest absolute Gasteiger partial charge is 0.501 e.